The summed E-state index contributed by atoms with van der Waals surface area (Å²) in [6, 6.07) is 0.785. The molecule has 6 aliphatic rings. The molecule has 1 spiro atoms. The van der Waals surface area contributed by atoms with Crippen LogP contribution in [0.4, 0.5) is 0 Å². The first kappa shape index (κ1) is 19.4. The predicted molar refractivity (Wildman–Crippen MR) is 117 cm³/mol. The van der Waals surface area contributed by atoms with Crippen molar-refractivity contribution in [1.82, 2.24) is 29.8 Å². The average molecular weight is 403 g/mol. The van der Waals surface area contributed by atoms with Crippen molar-refractivity contribution in [2.45, 2.75) is 31.7 Å². The van der Waals surface area contributed by atoms with Gasteiger partial charge in [-0.05, 0) is 75.5 Å². The van der Waals surface area contributed by atoms with Crippen LogP contribution in [-0.4, -0.2) is 123 Å². The van der Waals surface area contributed by atoms with Crippen molar-refractivity contribution in [1.29, 1.82) is 0 Å². The van der Waals surface area contributed by atoms with Gasteiger partial charge in [0.15, 0.2) is 0 Å². The normalized spacial score (nSPS) is 41.7. The Morgan fingerprint density at radius 3 is 2.14 bits per heavy atom. The molecule has 1 N–H and O–H groups in total. The Bertz CT molecular complexity index is 554. The summed E-state index contributed by atoms with van der Waals surface area (Å²) in [4.78, 5) is 13.5. The molecule has 6 heterocycles. The largest absolute Gasteiger partial charge is 0.312 e. The second-order valence-corrected chi connectivity index (χ2v) is 11.7. The smallest absolute Gasteiger partial charge is 0.0507 e. The summed E-state index contributed by atoms with van der Waals surface area (Å²) in [5.41, 5.74) is 0.658. The highest BCUT2D eigenvalue weighted by atomic mass is 15.4. The zero-order valence-corrected chi connectivity index (χ0v) is 18.6. The van der Waals surface area contributed by atoms with Crippen molar-refractivity contribution in [2.24, 2.45) is 23.2 Å². The second kappa shape index (κ2) is 7.72. The molecule has 0 aromatic carbocycles. The molecular formula is C23H42N6. The van der Waals surface area contributed by atoms with Crippen LogP contribution in [0, 0.1) is 23.2 Å². The highest BCUT2D eigenvalue weighted by Crippen LogP contribution is 2.41. The third-order valence-corrected chi connectivity index (χ3v) is 9.25. The van der Waals surface area contributed by atoms with Crippen molar-refractivity contribution in [3.8, 4) is 0 Å². The van der Waals surface area contributed by atoms with Gasteiger partial charge in [-0.3, -0.25) is 19.6 Å². The van der Waals surface area contributed by atoms with E-state index < -0.39 is 0 Å². The molecule has 0 bridgehead atoms. The Morgan fingerprint density at radius 1 is 0.759 bits per heavy atom. The minimum atomic E-state index is 0.658. The van der Waals surface area contributed by atoms with Gasteiger partial charge in [-0.2, -0.15) is 0 Å². The molecule has 0 aromatic rings. The lowest BCUT2D eigenvalue weighted by molar-refractivity contribution is -0.0734. The summed E-state index contributed by atoms with van der Waals surface area (Å²) < 4.78 is 0. The summed E-state index contributed by atoms with van der Waals surface area (Å²) in [5, 5.41) is 3.75. The van der Waals surface area contributed by atoms with Gasteiger partial charge in [0.1, 0.15) is 0 Å². The summed E-state index contributed by atoms with van der Waals surface area (Å²) >= 11 is 0. The minimum absolute atomic E-state index is 0.658. The fourth-order valence-electron chi connectivity index (χ4n) is 7.74. The zero-order chi connectivity index (χ0) is 19.4. The van der Waals surface area contributed by atoms with Crippen molar-refractivity contribution in [2.75, 3.05) is 92.4 Å². The molecule has 0 radical (unpaired) electrons. The van der Waals surface area contributed by atoms with E-state index in [1.54, 1.807) is 0 Å². The molecule has 0 aliphatic carbocycles. The number of rotatable bonds is 4. The van der Waals surface area contributed by atoms with Crippen molar-refractivity contribution in [3.05, 3.63) is 0 Å². The third kappa shape index (κ3) is 3.90. The molecule has 29 heavy (non-hydrogen) atoms. The molecule has 6 nitrogen and oxygen atoms in total. The van der Waals surface area contributed by atoms with Gasteiger partial charge in [0.05, 0.1) is 13.3 Å². The van der Waals surface area contributed by atoms with Crippen LogP contribution in [0.1, 0.15) is 25.7 Å². The average Bonchev–Trinajstić information content (AvgIpc) is 3.34. The van der Waals surface area contributed by atoms with Gasteiger partial charge < -0.3 is 10.2 Å². The molecule has 6 fully saturated rings. The van der Waals surface area contributed by atoms with Crippen LogP contribution in [0.5, 0.6) is 0 Å². The van der Waals surface area contributed by atoms with E-state index in [2.05, 4.69) is 36.9 Å². The van der Waals surface area contributed by atoms with Crippen molar-refractivity contribution < 1.29 is 0 Å². The number of piperidine rings is 2. The molecule has 6 heteroatoms. The number of fused-ring (bicyclic) bond motifs is 2. The van der Waals surface area contributed by atoms with Gasteiger partial charge in [-0.25, -0.2) is 0 Å². The van der Waals surface area contributed by atoms with E-state index >= 15 is 0 Å². The van der Waals surface area contributed by atoms with Gasteiger partial charge >= 0.3 is 0 Å². The van der Waals surface area contributed by atoms with E-state index in [9.17, 15) is 0 Å². The van der Waals surface area contributed by atoms with E-state index in [4.69, 9.17) is 0 Å². The molecular weight excluding hydrogens is 360 g/mol. The summed E-state index contributed by atoms with van der Waals surface area (Å²) in [6.07, 6.45) is 5.69. The molecule has 6 aliphatic heterocycles. The molecule has 4 atom stereocenters. The van der Waals surface area contributed by atoms with Crippen molar-refractivity contribution >= 4 is 0 Å². The Hall–Kier alpha value is -0.240. The minimum Gasteiger partial charge on any atom is -0.312 e. The summed E-state index contributed by atoms with van der Waals surface area (Å²) in [5.74, 6) is 2.81. The number of nitrogens with one attached hydrogen (secondary N) is 1. The summed E-state index contributed by atoms with van der Waals surface area (Å²) in [7, 11) is 2.29. The van der Waals surface area contributed by atoms with Crippen LogP contribution >= 0.6 is 0 Å². The van der Waals surface area contributed by atoms with Gasteiger partial charge in [-0.1, -0.05) is 0 Å². The predicted octanol–water partition coefficient (Wildman–Crippen LogP) is 0.476. The molecule has 0 saturated carbocycles. The van der Waals surface area contributed by atoms with Gasteiger partial charge in [0, 0.05) is 58.4 Å². The number of hydrogen-bond acceptors (Lipinski definition) is 6. The molecule has 164 valence electrons. The maximum Gasteiger partial charge on any atom is 0.0507 e. The standard InChI is InChI=1S/C23H42N6/c1-25-9-20-12-27(13-21(20)10-25)17-26-7-4-23(5-8-26)15-29(16-23)18-28-11-19-3-2-6-24-22(19)14-28/h19-22,24H,2-18H2,1H3. The fourth-order valence-corrected chi connectivity index (χ4v) is 7.74. The zero-order valence-electron chi connectivity index (χ0n) is 18.6. The Kier molecular flexibility index (Phi) is 5.17. The van der Waals surface area contributed by atoms with Crippen molar-refractivity contribution in [3.63, 3.8) is 0 Å². The van der Waals surface area contributed by atoms with E-state index in [1.807, 2.05) is 0 Å². The highest BCUT2D eigenvalue weighted by Gasteiger charge is 2.46. The highest BCUT2D eigenvalue weighted by molar-refractivity contribution is 5.00. The van der Waals surface area contributed by atoms with Gasteiger partial charge in [0.2, 0.25) is 0 Å². The van der Waals surface area contributed by atoms with E-state index in [1.165, 1.54) is 111 Å². The first-order valence-corrected chi connectivity index (χ1v) is 12.5. The lowest BCUT2D eigenvalue weighted by Crippen LogP contribution is -2.62. The number of likely N-dealkylation sites (tertiary alicyclic amines) is 5. The third-order valence-electron chi connectivity index (χ3n) is 9.25. The monoisotopic (exact) mass is 402 g/mol. The topological polar surface area (TPSA) is 28.2 Å². The first-order valence-electron chi connectivity index (χ1n) is 12.5. The lowest BCUT2D eigenvalue weighted by Gasteiger charge is -2.55. The quantitative estimate of drug-likeness (QED) is 0.735. The van der Waals surface area contributed by atoms with Crippen LogP contribution < -0.4 is 5.32 Å². The van der Waals surface area contributed by atoms with Crippen LogP contribution in [0.25, 0.3) is 0 Å². The van der Waals surface area contributed by atoms with E-state index in [0.29, 0.717) is 5.41 Å². The Labute approximate surface area is 177 Å². The Balaban J connectivity index is 0.916. The van der Waals surface area contributed by atoms with Crippen LogP contribution in [0.2, 0.25) is 0 Å². The van der Waals surface area contributed by atoms with Crippen LogP contribution in [0.15, 0.2) is 0 Å². The summed E-state index contributed by atoms with van der Waals surface area (Å²) in [6.45, 7) is 17.1. The molecule has 6 saturated heterocycles. The molecule has 4 unspecified atom stereocenters. The fraction of sp³-hybridized carbons (Fsp3) is 1.00. The maximum absolute atomic E-state index is 3.75. The maximum atomic E-state index is 3.75. The molecule has 0 amide bonds. The number of hydrogen-bond donors (Lipinski definition) is 1. The van der Waals surface area contributed by atoms with E-state index in [-0.39, 0.29) is 0 Å². The van der Waals surface area contributed by atoms with Crippen LogP contribution in [-0.2, 0) is 0 Å². The first-order chi connectivity index (χ1) is 14.1. The number of nitrogens with zero attached hydrogens (tertiary/aromatic N) is 5. The van der Waals surface area contributed by atoms with Gasteiger partial charge in [0.25, 0.3) is 0 Å². The van der Waals surface area contributed by atoms with Crippen LogP contribution in [0.3, 0.4) is 0 Å². The SMILES string of the molecule is CN1CC2CN(CN3CCC4(CC3)CN(CN3CC5CCCNC5C3)C4)CC2C1. The Morgan fingerprint density at radius 2 is 1.41 bits per heavy atom. The molecule has 6 rings (SSSR count). The second-order valence-electron chi connectivity index (χ2n) is 11.7. The van der Waals surface area contributed by atoms with E-state index in [0.717, 1.165) is 23.8 Å². The lowest BCUT2D eigenvalue weighted by atomic mass is 9.72. The molecule has 0 aromatic heterocycles. The van der Waals surface area contributed by atoms with Gasteiger partial charge in [-0.15, -0.1) is 0 Å².